The molecule has 2 fully saturated rings. The van der Waals surface area contributed by atoms with E-state index in [0.29, 0.717) is 5.41 Å². The largest absolute Gasteiger partial charge is 0.330 e. The van der Waals surface area contributed by atoms with Gasteiger partial charge in [0.1, 0.15) is 0 Å². The summed E-state index contributed by atoms with van der Waals surface area (Å²) in [6.45, 7) is 13.1. The van der Waals surface area contributed by atoms with Gasteiger partial charge in [-0.1, -0.05) is 34.1 Å². The van der Waals surface area contributed by atoms with Gasteiger partial charge in [0.25, 0.3) is 0 Å². The lowest BCUT2D eigenvalue weighted by atomic mass is 9.65. The third-order valence-corrected chi connectivity index (χ3v) is 6.44. The Kier molecular flexibility index (Phi) is 6.14. The Balaban J connectivity index is 2.06. The summed E-state index contributed by atoms with van der Waals surface area (Å²) in [5, 5.41) is 0. The third kappa shape index (κ3) is 4.45. The number of nitrogens with two attached hydrogens (primary N) is 1. The lowest BCUT2D eigenvalue weighted by molar-refractivity contribution is 0.0350. The summed E-state index contributed by atoms with van der Waals surface area (Å²) in [7, 11) is 0. The van der Waals surface area contributed by atoms with Crippen molar-refractivity contribution in [2.75, 3.05) is 19.6 Å². The molecule has 3 atom stereocenters. The zero-order valence-corrected chi connectivity index (χ0v) is 14.9. The minimum Gasteiger partial charge on any atom is -0.330 e. The Bertz CT molecular complexity index is 309. The van der Waals surface area contributed by atoms with E-state index in [4.69, 9.17) is 5.73 Å². The van der Waals surface area contributed by atoms with Crippen molar-refractivity contribution in [1.82, 2.24) is 4.90 Å². The highest BCUT2D eigenvalue weighted by molar-refractivity contribution is 4.93. The highest BCUT2D eigenvalue weighted by atomic mass is 15.2. The zero-order chi connectivity index (χ0) is 15.5. The second kappa shape index (κ2) is 7.46. The lowest BCUT2D eigenvalue weighted by Gasteiger charge is -2.47. The minimum atomic E-state index is 0.495. The van der Waals surface area contributed by atoms with Crippen LogP contribution in [0.4, 0.5) is 0 Å². The predicted octanol–water partition coefficient (Wildman–Crippen LogP) is 4.29. The number of rotatable bonds is 8. The Morgan fingerprint density at radius 3 is 2.33 bits per heavy atom. The van der Waals surface area contributed by atoms with E-state index in [-0.39, 0.29) is 0 Å². The van der Waals surface area contributed by atoms with Gasteiger partial charge in [-0.05, 0) is 74.8 Å². The normalized spacial score (nSPS) is 30.9. The molecule has 0 spiro atoms. The van der Waals surface area contributed by atoms with Crippen LogP contribution in [0.1, 0.15) is 72.6 Å². The van der Waals surface area contributed by atoms with Crippen LogP contribution in [-0.4, -0.2) is 30.6 Å². The molecular weight excluding hydrogens is 256 g/mol. The molecule has 0 radical (unpaired) electrons. The maximum Gasteiger partial charge on any atom is 0.0138 e. The van der Waals surface area contributed by atoms with Crippen molar-refractivity contribution in [3.63, 3.8) is 0 Å². The quantitative estimate of drug-likeness (QED) is 0.723. The van der Waals surface area contributed by atoms with Crippen LogP contribution in [0.25, 0.3) is 0 Å². The van der Waals surface area contributed by atoms with Crippen LogP contribution in [0.2, 0.25) is 0 Å². The zero-order valence-electron chi connectivity index (χ0n) is 14.9. The van der Waals surface area contributed by atoms with E-state index in [1.54, 1.807) is 0 Å². The highest BCUT2D eigenvalue weighted by Gasteiger charge is 2.40. The maximum absolute atomic E-state index is 6.13. The van der Waals surface area contributed by atoms with Gasteiger partial charge in [-0.2, -0.15) is 0 Å². The summed E-state index contributed by atoms with van der Waals surface area (Å²) in [6.07, 6.45) is 9.63. The molecule has 0 amide bonds. The summed E-state index contributed by atoms with van der Waals surface area (Å²) < 4.78 is 0. The van der Waals surface area contributed by atoms with E-state index in [1.165, 1.54) is 58.0 Å². The first-order valence-electron chi connectivity index (χ1n) is 9.45. The lowest BCUT2D eigenvalue weighted by Crippen LogP contribution is -2.49. The van der Waals surface area contributed by atoms with Crippen molar-refractivity contribution in [1.29, 1.82) is 0 Å². The van der Waals surface area contributed by atoms with Crippen molar-refractivity contribution < 1.29 is 0 Å². The number of hydrogen-bond acceptors (Lipinski definition) is 2. The Morgan fingerprint density at radius 1 is 1.10 bits per heavy atom. The van der Waals surface area contributed by atoms with Crippen molar-refractivity contribution in [2.45, 2.75) is 78.7 Å². The molecule has 21 heavy (non-hydrogen) atoms. The fourth-order valence-corrected chi connectivity index (χ4v) is 4.24. The molecule has 2 aliphatic rings. The topological polar surface area (TPSA) is 29.3 Å². The number of nitrogens with zero attached hydrogens (tertiary/aromatic N) is 1. The van der Waals surface area contributed by atoms with Crippen molar-refractivity contribution in [2.24, 2.45) is 28.9 Å². The van der Waals surface area contributed by atoms with Crippen LogP contribution in [-0.2, 0) is 0 Å². The minimum absolute atomic E-state index is 0.495. The van der Waals surface area contributed by atoms with Gasteiger partial charge in [-0.25, -0.2) is 0 Å². The van der Waals surface area contributed by atoms with Gasteiger partial charge in [0, 0.05) is 12.6 Å². The molecule has 2 nitrogen and oxygen atoms in total. The maximum atomic E-state index is 6.13. The molecule has 0 aromatic carbocycles. The molecule has 2 N–H and O–H groups in total. The fraction of sp³-hybridized carbons (Fsp3) is 1.00. The van der Waals surface area contributed by atoms with Gasteiger partial charge in [0.15, 0.2) is 0 Å². The average Bonchev–Trinajstić information content (AvgIpc) is 3.30. The van der Waals surface area contributed by atoms with Crippen LogP contribution in [0, 0.1) is 23.2 Å². The Hall–Kier alpha value is -0.0800. The van der Waals surface area contributed by atoms with Crippen molar-refractivity contribution in [3.8, 4) is 0 Å². The second-order valence-electron chi connectivity index (χ2n) is 8.35. The summed E-state index contributed by atoms with van der Waals surface area (Å²) in [5.74, 6) is 2.61. The molecule has 2 heteroatoms. The smallest absolute Gasteiger partial charge is 0.0138 e. The fourth-order valence-electron chi connectivity index (χ4n) is 4.24. The van der Waals surface area contributed by atoms with Crippen molar-refractivity contribution >= 4 is 0 Å². The van der Waals surface area contributed by atoms with E-state index in [1.807, 2.05) is 0 Å². The van der Waals surface area contributed by atoms with Crippen LogP contribution < -0.4 is 5.73 Å². The van der Waals surface area contributed by atoms with Gasteiger partial charge >= 0.3 is 0 Å². The molecule has 0 saturated heterocycles. The molecule has 3 unspecified atom stereocenters. The van der Waals surface area contributed by atoms with Gasteiger partial charge < -0.3 is 5.73 Å². The highest BCUT2D eigenvalue weighted by Crippen LogP contribution is 2.44. The molecule has 2 aliphatic carbocycles. The summed E-state index contributed by atoms with van der Waals surface area (Å²) >= 11 is 0. The van der Waals surface area contributed by atoms with E-state index in [0.717, 1.165) is 30.3 Å². The standard InChI is InChI=1S/C19H38N2/c1-5-11-21(14-15-7-8-15)18-12-17(19(3,4)6-2)10-9-16(18)13-20/h15-18H,5-14,20H2,1-4H3. The SMILES string of the molecule is CCCN(CC1CC1)C1CC(C(C)(C)CC)CCC1CN. The van der Waals surface area contributed by atoms with Crippen LogP contribution in [0.5, 0.6) is 0 Å². The molecule has 124 valence electrons. The molecule has 0 heterocycles. The van der Waals surface area contributed by atoms with Gasteiger partial charge in [0.05, 0.1) is 0 Å². The molecule has 2 saturated carbocycles. The summed E-state index contributed by atoms with van der Waals surface area (Å²) in [5.41, 5.74) is 6.63. The van der Waals surface area contributed by atoms with Crippen LogP contribution in [0.15, 0.2) is 0 Å². The van der Waals surface area contributed by atoms with E-state index in [2.05, 4.69) is 32.6 Å². The monoisotopic (exact) mass is 294 g/mol. The van der Waals surface area contributed by atoms with E-state index in [9.17, 15) is 0 Å². The summed E-state index contributed by atoms with van der Waals surface area (Å²) in [6, 6.07) is 0.750. The summed E-state index contributed by atoms with van der Waals surface area (Å²) in [4.78, 5) is 2.83. The van der Waals surface area contributed by atoms with Gasteiger partial charge in [0.2, 0.25) is 0 Å². The first-order chi connectivity index (χ1) is 10.0. The van der Waals surface area contributed by atoms with E-state index >= 15 is 0 Å². The molecule has 0 aromatic rings. The molecule has 0 aliphatic heterocycles. The van der Waals surface area contributed by atoms with Gasteiger partial charge in [-0.15, -0.1) is 0 Å². The van der Waals surface area contributed by atoms with Crippen LogP contribution >= 0.6 is 0 Å². The average molecular weight is 295 g/mol. The van der Waals surface area contributed by atoms with Gasteiger partial charge in [-0.3, -0.25) is 4.90 Å². The Labute approximate surface area is 132 Å². The molecule has 0 bridgehead atoms. The number of hydrogen-bond donors (Lipinski definition) is 1. The second-order valence-corrected chi connectivity index (χ2v) is 8.35. The third-order valence-electron chi connectivity index (χ3n) is 6.44. The molecule has 2 rings (SSSR count). The Morgan fingerprint density at radius 2 is 1.81 bits per heavy atom. The van der Waals surface area contributed by atoms with Crippen LogP contribution in [0.3, 0.4) is 0 Å². The van der Waals surface area contributed by atoms with Crippen molar-refractivity contribution in [3.05, 3.63) is 0 Å². The molecular formula is C19H38N2. The predicted molar refractivity (Wildman–Crippen MR) is 92.3 cm³/mol. The first kappa shape index (κ1) is 17.3. The van der Waals surface area contributed by atoms with E-state index < -0.39 is 0 Å². The molecule has 0 aromatic heterocycles. The first-order valence-corrected chi connectivity index (χ1v) is 9.45.